The van der Waals surface area contributed by atoms with Crippen molar-refractivity contribution in [3.63, 3.8) is 0 Å². The first-order valence-corrected chi connectivity index (χ1v) is 5.19. The number of hydrogen-bond acceptors (Lipinski definition) is 7. The molecule has 16 heavy (non-hydrogen) atoms. The Balaban J connectivity index is 2.11. The molecule has 7 nitrogen and oxygen atoms in total. The Labute approximate surface area is 93.9 Å². The Morgan fingerprint density at radius 2 is 2.44 bits per heavy atom. The van der Waals surface area contributed by atoms with E-state index >= 15 is 0 Å². The number of carboxylic acids is 1. The second-order valence-electron chi connectivity index (χ2n) is 2.66. The van der Waals surface area contributed by atoms with Gasteiger partial charge in [-0.05, 0) is 6.07 Å². The highest BCUT2D eigenvalue weighted by Gasteiger charge is 2.11. The van der Waals surface area contributed by atoms with Crippen molar-refractivity contribution < 1.29 is 14.4 Å². The summed E-state index contributed by atoms with van der Waals surface area (Å²) in [5.41, 5.74) is 0.529. The minimum Gasteiger partial charge on any atom is -0.481 e. The molecule has 0 saturated carbocycles. The predicted octanol–water partition coefficient (Wildman–Crippen LogP) is 0.703. The maximum Gasteiger partial charge on any atom is 0.314 e. The van der Waals surface area contributed by atoms with Crippen LogP contribution in [-0.2, 0) is 4.79 Å². The van der Waals surface area contributed by atoms with Crippen molar-refractivity contribution in [2.45, 2.75) is 5.22 Å². The fraction of sp³-hybridized carbons (Fsp3) is 0.125. The van der Waals surface area contributed by atoms with E-state index in [1.165, 1.54) is 6.33 Å². The van der Waals surface area contributed by atoms with Crippen molar-refractivity contribution in [2.75, 3.05) is 5.75 Å². The molecule has 0 radical (unpaired) electrons. The van der Waals surface area contributed by atoms with Crippen molar-refractivity contribution >= 4 is 17.7 Å². The first-order chi connectivity index (χ1) is 7.75. The van der Waals surface area contributed by atoms with Crippen LogP contribution in [0.1, 0.15) is 0 Å². The second kappa shape index (κ2) is 4.71. The highest BCUT2D eigenvalue weighted by Crippen LogP contribution is 2.19. The molecular formula is C8H6N4O3S. The van der Waals surface area contributed by atoms with Gasteiger partial charge in [0.25, 0.3) is 5.22 Å². The molecule has 0 fully saturated rings. The van der Waals surface area contributed by atoms with Crippen LogP contribution in [0.5, 0.6) is 0 Å². The normalized spacial score (nSPS) is 10.2. The minimum atomic E-state index is -0.938. The van der Waals surface area contributed by atoms with E-state index in [-0.39, 0.29) is 11.0 Å². The van der Waals surface area contributed by atoms with E-state index in [1.54, 1.807) is 12.3 Å². The third-order valence-electron chi connectivity index (χ3n) is 1.54. The molecule has 0 aliphatic carbocycles. The molecule has 0 aliphatic rings. The summed E-state index contributed by atoms with van der Waals surface area (Å²) in [6.45, 7) is 0. The van der Waals surface area contributed by atoms with Crippen LogP contribution in [0.3, 0.4) is 0 Å². The highest BCUT2D eigenvalue weighted by molar-refractivity contribution is 7.99. The third kappa shape index (κ3) is 2.54. The SMILES string of the molecule is O=C(O)CSc1nc(-c2ccncn2)no1. The Bertz CT molecular complexity index is 487. The molecule has 0 aromatic carbocycles. The summed E-state index contributed by atoms with van der Waals surface area (Å²) < 4.78 is 4.85. The van der Waals surface area contributed by atoms with Crippen LogP contribution in [0.4, 0.5) is 0 Å². The van der Waals surface area contributed by atoms with E-state index in [0.717, 1.165) is 11.8 Å². The van der Waals surface area contributed by atoms with Crippen molar-refractivity contribution in [3.05, 3.63) is 18.6 Å². The van der Waals surface area contributed by atoms with Gasteiger partial charge in [-0.15, -0.1) is 0 Å². The number of aromatic nitrogens is 4. The summed E-state index contributed by atoms with van der Waals surface area (Å²) in [4.78, 5) is 22.0. The Morgan fingerprint density at radius 3 is 3.12 bits per heavy atom. The predicted molar refractivity (Wildman–Crippen MR) is 53.7 cm³/mol. The average Bonchev–Trinajstić information content (AvgIpc) is 2.76. The van der Waals surface area contributed by atoms with Crippen LogP contribution >= 0.6 is 11.8 Å². The molecule has 0 unspecified atom stereocenters. The van der Waals surface area contributed by atoms with Crippen LogP contribution < -0.4 is 0 Å². The van der Waals surface area contributed by atoms with Crippen molar-refractivity contribution in [2.24, 2.45) is 0 Å². The van der Waals surface area contributed by atoms with Gasteiger partial charge in [0.1, 0.15) is 17.8 Å². The molecule has 1 N–H and O–H groups in total. The van der Waals surface area contributed by atoms with E-state index in [9.17, 15) is 4.79 Å². The van der Waals surface area contributed by atoms with E-state index in [1.807, 2.05) is 0 Å². The number of rotatable bonds is 4. The molecule has 0 aliphatic heterocycles. The molecular weight excluding hydrogens is 232 g/mol. The molecule has 2 aromatic heterocycles. The lowest BCUT2D eigenvalue weighted by Crippen LogP contribution is -1.97. The Hall–Kier alpha value is -1.96. The molecule has 0 amide bonds. The van der Waals surface area contributed by atoms with Gasteiger partial charge in [0.05, 0.1) is 0 Å². The Kier molecular flexibility index (Phi) is 3.10. The van der Waals surface area contributed by atoms with E-state index in [0.29, 0.717) is 11.5 Å². The molecule has 2 rings (SSSR count). The van der Waals surface area contributed by atoms with Crippen LogP contribution in [0.25, 0.3) is 11.5 Å². The molecule has 0 bridgehead atoms. The van der Waals surface area contributed by atoms with Gasteiger partial charge in [0, 0.05) is 6.20 Å². The lowest BCUT2D eigenvalue weighted by atomic mass is 10.4. The van der Waals surface area contributed by atoms with E-state index in [2.05, 4.69) is 20.1 Å². The van der Waals surface area contributed by atoms with Crippen LogP contribution in [0.2, 0.25) is 0 Å². The number of carboxylic acid groups (broad SMARTS) is 1. The molecule has 8 heteroatoms. The van der Waals surface area contributed by atoms with Gasteiger partial charge in [-0.2, -0.15) is 4.98 Å². The second-order valence-corrected chi connectivity index (χ2v) is 3.59. The fourth-order valence-corrected chi connectivity index (χ4v) is 1.41. The number of nitrogens with zero attached hydrogens (tertiary/aromatic N) is 4. The van der Waals surface area contributed by atoms with Gasteiger partial charge in [0.15, 0.2) is 0 Å². The first kappa shape index (κ1) is 10.6. The summed E-state index contributed by atoms with van der Waals surface area (Å²) in [5.74, 6) is -0.743. The van der Waals surface area contributed by atoms with E-state index < -0.39 is 5.97 Å². The zero-order valence-corrected chi connectivity index (χ0v) is 8.72. The summed E-state index contributed by atoms with van der Waals surface area (Å²) in [6, 6.07) is 1.64. The monoisotopic (exact) mass is 238 g/mol. The quantitative estimate of drug-likeness (QED) is 0.776. The van der Waals surface area contributed by atoms with Crippen LogP contribution in [0.15, 0.2) is 28.3 Å². The summed E-state index contributed by atoms with van der Waals surface area (Å²) >= 11 is 0.961. The maximum absolute atomic E-state index is 10.3. The molecule has 2 heterocycles. The van der Waals surface area contributed by atoms with E-state index in [4.69, 9.17) is 9.63 Å². The standard InChI is InChI=1S/C8H6N4O3S/c13-6(14)3-16-8-11-7(12-15-8)5-1-2-9-4-10-5/h1-2,4H,3H2,(H,13,14). The van der Waals surface area contributed by atoms with Gasteiger partial charge in [-0.25, -0.2) is 9.97 Å². The smallest absolute Gasteiger partial charge is 0.314 e. The number of hydrogen-bond donors (Lipinski definition) is 1. The topological polar surface area (TPSA) is 102 Å². The van der Waals surface area contributed by atoms with Crippen molar-refractivity contribution in [1.82, 2.24) is 20.1 Å². The third-order valence-corrected chi connectivity index (χ3v) is 2.34. The van der Waals surface area contributed by atoms with Crippen molar-refractivity contribution in [3.8, 4) is 11.5 Å². The zero-order chi connectivity index (χ0) is 11.4. The number of thioether (sulfide) groups is 1. The summed E-state index contributed by atoms with van der Waals surface area (Å²) in [5, 5.41) is 12.3. The largest absolute Gasteiger partial charge is 0.481 e. The lowest BCUT2D eigenvalue weighted by molar-refractivity contribution is -0.133. The van der Waals surface area contributed by atoms with Crippen LogP contribution in [-0.4, -0.2) is 36.9 Å². The number of carbonyl (C=O) groups is 1. The highest BCUT2D eigenvalue weighted by atomic mass is 32.2. The van der Waals surface area contributed by atoms with Gasteiger partial charge >= 0.3 is 5.97 Å². The summed E-state index contributed by atoms with van der Waals surface area (Å²) in [6.07, 6.45) is 2.93. The van der Waals surface area contributed by atoms with Gasteiger partial charge in [0.2, 0.25) is 5.82 Å². The van der Waals surface area contributed by atoms with Gasteiger partial charge < -0.3 is 9.63 Å². The maximum atomic E-state index is 10.3. The number of aliphatic carboxylic acids is 1. The minimum absolute atomic E-state index is 0.120. The zero-order valence-electron chi connectivity index (χ0n) is 7.90. The molecule has 2 aromatic rings. The first-order valence-electron chi connectivity index (χ1n) is 4.20. The molecule has 0 saturated heterocycles. The van der Waals surface area contributed by atoms with Gasteiger partial charge in [-0.3, -0.25) is 4.79 Å². The molecule has 0 spiro atoms. The molecule has 82 valence electrons. The average molecular weight is 238 g/mol. The fourth-order valence-electron chi connectivity index (χ4n) is 0.919. The molecule has 0 atom stereocenters. The van der Waals surface area contributed by atoms with Crippen LogP contribution in [0, 0.1) is 0 Å². The summed E-state index contributed by atoms with van der Waals surface area (Å²) in [7, 11) is 0. The Morgan fingerprint density at radius 1 is 1.56 bits per heavy atom. The van der Waals surface area contributed by atoms with Crippen molar-refractivity contribution in [1.29, 1.82) is 0 Å². The van der Waals surface area contributed by atoms with Gasteiger partial charge in [-0.1, -0.05) is 16.9 Å². The lowest BCUT2D eigenvalue weighted by Gasteiger charge is -1.89.